The number of thioether (sulfide) groups is 1. The van der Waals surface area contributed by atoms with Gasteiger partial charge in [0.05, 0.1) is 11.6 Å². The number of nitrogens with zero attached hydrogens (tertiary/aromatic N) is 3. The maximum atomic E-state index is 12.4. The highest BCUT2D eigenvalue weighted by Crippen LogP contribution is 2.16. The predicted octanol–water partition coefficient (Wildman–Crippen LogP) is 3.37. The fourth-order valence-electron chi connectivity index (χ4n) is 2.51. The number of amides is 1. The Morgan fingerprint density at radius 2 is 2.00 bits per heavy atom. The van der Waals surface area contributed by atoms with E-state index in [0.717, 1.165) is 21.9 Å². The van der Waals surface area contributed by atoms with E-state index in [1.165, 1.54) is 0 Å². The first-order valence-corrected chi connectivity index (χ1v) is 9.16. The molecule has 1 aromatic carbocycles. The molecule has 0 fully saturated rings. The second kappa shape index (κ2) is 8.48. The second-order valence-electron chi connectivity index (χ2n) is 5.47. The van der Waals surface area contributed by atoms with Crippen molar-refractivity contribution < 1.29 is 4.79 Å². The molecule has 6 heteroatoms. The maximum absolute atomic E-state index is 12.4. The van der Waals surface area contributed by atoms with E-state index in [1.807, 2.05) is 41.2 Å². The third-order valence-electron chi connectivity index (χ3n) is 3.74. The van der Waals surface area contributed by atoms with Crippen LogP contribution in [0.15, 0.2) is 66.1 Å². The summed E-state index contributed by atoms with van der Waals surface area (Å²) in [6.07, 6.45) is 5.37. The lowest BCUT2D eigenvalue weighted by molar-refractivity contribution is 0.0950. The van der Waals surface area contributed by atoms with E-state index in [9.17, 15) is 4.79 Å². The number of hydrogen-bond acceptors (Lipinski definition) is 4. The molecule has 0 bridgehead atoms. The molecule has 0 unspecified atom stereocenters. The number of rotatable bonds is 7. The van der Waals surface area contributed by atoms with Gasteiger partial charge in [-0.2, -0.15) is 5.10 Å². The summed E-state index contributed by atoms with van der Waals surface area (Å²) in [5.74, 6) is 0.841. The lowest BCUT2D eigenvalue weighted by Gasteiger charge is -2.11. The number of benzene rings is 1. The van der Waals surface area contributed by atoms with Crippen molar-refractivity contribution in [3.05, 3.63) is 77.7 Å². The van der Waals surface area contributed by atoms with Crippen molar-refractivity contribution in [1.29, 1.82) is 0 Å². The summed E-state index contributed by atoms with van der Waals surface area (Å²) in [7, 11) is 0. The minimum atomic E-state index is -0.0887. The van der Waals surface area contributed by atoms with E-state index in [2.05, 4.69) is 28.4 Å². The molecule has 3 aromatic rings. The Morgan fingerprint density at radius 3 is 2.76 bits per heavy atom. The predicted molar refractivity (Wildman–Crippen MR) is 99.6 cm³/mol. The van der Waals surface area contributed by atoms with Crippen LogP contribution in [0.1, 0.15) is 28.4 Å². The summed E-state index contributed by atoms with van der Waals surface area (Å²) >= 11 is 1.63. The Kier molecular flexibility index (Phi) is 5.85. The van der Waals surface area contributed by atoms with Gasteiger partial charge in [0.25, 0.3) is 5.91 Å². The van der Waals surface area contributed by atoms with Gasteiger partial charge in [0.15, 0.2) is 0 Å². The smallest absolute Gasteiger partial charge is 0.251 e. The van der Waals surface area contributed by atoms with Gasteiger partial charge in [0.2, 0.25) is 0 Å². The molecule has 0 aliphatic rings. The van der Waals surface area contributed by atoms with Gasteiger partial charge in [-0.25, -0.2) is 4.98 Å². The molecule has 0 radical (unpaired) electrons. The number of carbonyl (C=O) groups excluding carboxylic acids is 1. The van der Waals surface area contributed by atoms with Crippen LogP contribution in [-0.2, 0) is 13.1 Å². The maximum Gasteiger partial charge on any atom is 0.251 e. The Balaban J connectivity index is 1.67. The highest BCUT2D eigenvalue weighted by Gasteiger charge is 2.09. The summed E-state index contributed by atoms with van der Waals surface area (Å²) in [5.41, 5.74) is 2.86. The number of carbonyl (C=O) groups is 1. The van der Waals surface area contributed by atoms with Crippen LogP contribution in [0.25, 0.3) is 0 Å². The molecule has 0 spiro atoms. The third-order valence-corrected chi connectivity index (χ3v) is 4.55. The summed E-state index contributed by atoms with van der Waals surface area (Å²) in [6, 6.07) is 13.6. The Labute approximate surface area is 151 Å². The minimum absolute atomic E-state index is 0.0887. The molecule has 0 aliphatic heterocycles. The Bertz CT molecular complexity index is 833. The van der Waals surface area contributed by atoms with Gasteiger partial charge < -0.3 is 5.32 Å². The summed E-state index contributed by atoms with van der Waals surface area (Å²) < 4.78 is 1.87. The average Bonchev–Trinajstić information content (AvgIpc) is 3.14. The van der Waals surface area contributed by atoms with Crippen LogP contribution >= 0.6 is 11.8 Å². The minimum Gasteiger partial charge on any atom is -0.348 e. The van der Waals surface area contributed by atoms with Crippen molar-refractivity contribution >= 4 is 17.7 Å². The molecule has 25 heavy (non-hydrogen) atoms. The van der Waals surface area contributed by atoms with Crippen molar-refractivity contribution in [3.63, 3.8) is 0 Å². The van der Waals surface area contributed by atoms with E-state index >= 15 is 0 Å². The molecular formula is C19H20N4OS. The third kappa shape index (κ3) is 4.70. The Morgan fingerprint density at radius 1 is 1.16 bits per heavy atom. The first-order valence-electron chi connectivity index (χ1n) is 8.17. The molecule has 1 N–H and O–H groups in total. The van der Waals surface area contributed by atoms with Crippen molar-refractivity contribution in [2.75, 3.05) is 5.75 Å². The van der Waals surface area contributed by atoms with Gasteiger partial charge >= 0.3 is 0 Å². The zero-order chi connectivity index (χ0) is 17.5. The van der Waals surface area contributed by atoms with Gasteiger partial charge in [-0.1, -0.05) is 31.2 Å². The van der Waals surface area contributed by atoms with Crippen LogP contribution in [0.5, 0.6) is 0 Å². The molecule has 2 heterocycles. The van der Waals surface area contributed by atoms with E-state index in [-0.39, 0.29) is 5.91 Å². The van der Waals surface area contributed by atoms with E-state index in [4.69, 9.17) is 0 Å². The standard InChI is InChI=1S/C19H20N4OS/c1-2-25-18-12-15(8-10-20-18)19(24)21-13-16-6-3-4-7-17(16)14-23-11-5-9-22-23/h3-12H,2,13-14H2,1H3,(H,21,24). The van der Waals surface area contributed by atoms with Crippen LogP contribution in [0.2, 0.25) is 0 Å². The van der Waals surface area contributed by atoms with Gasteiger partial charge in [0, 0.05) is 30.7 Å². The van der Waals surface area contributed by atoms with E-state index in [0.29, 0.717) is 18.7 Å². The zero-order valence-electron chi connectivity index (χ0n) is 14.1. The first-order chi connectivity index (χ1) is 12.3. The van der Waals surface area contributed by atoms with Crippen LogP contribution in [-0.4, -0.2) is 26.4 Å². The average molecular weight is 352 g/mol. The number of aromatic nitrogens is 3. The number of pyridine rings is 1. The van der Waals surface area contributed by atoms with Crippen molar-refractivity contribution in [2.45, 2.75) is 25.0 Å². The van der Waals surface area contributed by atoms with Crippen molar-refractivity contribution in [2.24, 2.45) is 0 Å². The quantitative estimate of drug-likeness (QED) is 0.662. The van der Waals surface area contributed by atoms with Crippen LogP contribution in [0, 0.1) is 0 Å². The second-order valence-corrected chi connectivity index (χ2v) is 6.76. The fraction of sp³-hybridized carbons (Fsp3) is 0.211. The molecule has 5 nitrogen and oxygen atoms in total. The van der Waals surface area contributed by atoms with Gasteiger partial charge in [0.1, 0.15) is 0 Å². The van der Waals surface area contributed by atoms with Crippen LogP contribution in [0.3, 0.4) is 0 Å². The van der Waals surface area contributed by atoms with Crippen molar-refractivity contribution in [1.82, 2.24) is 20.1 Å². The molecule has 0 saturated heterocycles. The van der Waals surface area contributed by atoms with Gasteiger partial charge in [-0.3, -0.25) is 9.48 Å². The number of nitrogens with one attached hydrogen (secondary N) is 1. The highest BCUT2D eigenvalue weighted by atomic mass is 32.2. The van der Waals surface area contributed by atoms with E-state index < -0.39 is 0 Å². The highest BCUT2D eigenvalue weighted by molar-refractivity contribution is 7.99. The number of hydrogen-bond donors (Lipinski definition) is 1. The fourth-order valence-corrected chi connectivity index (χ4v) is 3.15. The molecule has 0 saturated carbocycles. The summed E-state index contributed by atoms with van der Waals surface area (Å²) in [5, 5.41) is 8.11. The molecule has 0 aliphatic carbocycles. The largest absolute Gasteiger partial charge is 0.348 e. The monoisotopic (exact) mass is 352 g/mol. The molecule has 0 atom stereocenters. The molecule has 2 aromatic heterocycles. The van der Waals surface area contributed by atoms with Crippen molar-refractivity contribution in [3.8, 4) is 0 Å². The SMILES string of the molecule is CCSc1cc(C(=O)NCc2ccccc2Cn2cccn2)ccn1. The molecule has 1 amide bonds. The molecule has 3 rings (SSSR count). The molecular weight excluding hydrogens is 332 g/mol. The lowest BCUT2D eigenvalue weighted by Crippen LogP contribution is -2.23. The Hall–Kier alpha value is -2.60. The zero-order valence-corrected chi connectivity index (χ0v) is 14.9. The molecule has 128 valence electrons. The normalized spacial score (nSPS) is 10.6. The first kappa shape index (κ1) is 17.2. The van der Waals surface area contributed by atoms with Gasteiger partial charge in [-0.15, -0.1) is 11.8 Å². The summed E-state index contributed by atoms with van der Waals surface area (Å²) in [4.78, 5) is 16.7. The van der Waals surface area contributed by atoms with Gasteiger partial charge in [-0.05, 0) is 35.1 Å². The van der Waals surface area contributed by atoms with E-state index in [1.54, 1.807) is 30.2 Å². The summed E-state index contributed by atoms with van der Waals surface area (Å²) in [6.45, 7) is 3.23. The van der Waals surface area contributed by atoms with Crippen LogP contribution < -0.4 is 5.32 Å². The topological polar surface area (TPSA) is 59.8 Å². The van der Waals surface area contributed by atoms with Crippen LogP contribution in [0.4, 0.5) is 0 Å². The lowest BCUT2D eigenvalue weighted by atomic mass is 10.1.